The highest BCUT2D eigenvalue weighted by Gasteiger charge is 2.11. The molecule has 0 saturated heterocycles. The SMILES string of the molecule is COc1ccc(C(=O)/C=C/c2ccccc2OCC#N)c2ccccc12. The summed E-state index contributed by atoms with van der Waals surface area (Å²) >= 11 is 0. The molecule has 0 aliphatic carbocycles. The smallest absolute Gasteiger partial charge is 0.186 e. The van der Waals surface area contributed by atoms with Gasteiger partial charge in [0.2, 0.25) is 0 Å². The molecular weight excluding hydrogens is 326 g/mol. The van der Waals surface area contributed by atoms with Crippen molar-refractivity contribution in [3.63, 3.8) is 0 Å². The molecule has 0 spiro atoms. The van der Waals surface area contributed by atoms with E-state index in [-0.39, 0.29) is 12.4 Å². The van der Waals surface area contributed by atoms with Gasteiger partial charge < -0.3 is 9.47 Å². The average Bonchev–Trinajstić information content (AvgIpc) is 2.70. The Morgan fingerprint density at radius 2 is 1.73 bits per heavy atom. The molecule has 0 atom stereocenters. The van der Waals surface area contributed by atoms with E-state index in [1.165, 1.54) is 6.08 Å². The molecule has 0 aliphatic heterocycles. The van der Waals surface area contributed by atoms with E-state index in [4.69, 9.17) is 14.7 Å². The van der Waals surface area contributed by atoms with Crippen molar-refractivity contribution in [2.24, 2.45) is 0 Å². The van der Waals surface area contributed by atoms with Gasteiger partial charge in [-0.1, -0.05) is 42.5 Å². The molecule has 0 saturated carbocycles. The molecule has 0 bridgehead atoms. The highest BCUT2D eigenvalue weighted by Crippen LogP contribution is 2.29. The maximum Gasteiger partial charge on any atom is 0.186 e. The minimum atomic E-state index is -0.112. The second-order valence-electron chi connectivity index (χ2n) is 5.54. The third-order valence-corrected chi connectivity index (χ3v) is 3.99. The maximum atomic E-state index is 12.7. The minimum Gasteiger partial charge on any atom is -0.496 e. The Kier molecular flexibility index (Phi) is 5.31. The van der Waals surface area contributed by atoms with Gasteiger partial charge in [-0.2, -0.15) is 5.26 Å². The summed E-state index contributed by atoms with van der Waals surface area (Å²) in [6.45, 7) is -0.0398. The Balaban J connectivity index is 1.94. The lowest BCUT2D eigenvalue weighted by atomic mass is 10.00. The van der Waals surface area contributed by atoms with Gasteiger partial charge in [0, 0.05) is 16.5 Å². The number of nitrogens with zero attached hydrogens (tertiary/aromatic N) is 1. The van der Waals surface area contributed by atoms with Crippen LogP contribution in [0.2, 0.25) is 0 Å². The summed E-state index contributed by atoms with van der Waals surface area (Å²) in [5, 5.41) is 10.4. The van der Waals surface area contributed by atoms with E-state index in [1.807, 2.05) is 48.5 Å². The van der Waals surface area contributed by atoms with Gasteiger partial charge in [0.25, 0.3) is 0 Å². The Morgan fingerprint density at radius 1 is 1.00 bits per heavy atom. The fourth-order valence-electron chi connectivity index (χ4n) is 2.78. The summed E-state index contributed by atoms with van der Waals surface area (Å²) in [7, 11) is 1.61. The lowest BCUT2D eigenvalue weighted by molar-refractivity contribution is 0.104. The molecule has 0 aliphatic rings. The van der Waals surface area contributed by atoms with Crippen molar-refractivity contribution in [1.29, 1.82) is 5.26 Å². The maximum absolute atomic E-state index is 12.7. The van der Waals surface area contributed by atoms with E-state index in [1.54, 1.807) is 31.4 Å². The van der Waals surface area contributed by atoms with Gasteiger partial charge in [-0.05, 0) is 35.7 Å². The summed E-state index contributed by atoms with van der Waals surface area (Å²) < 4.78 is 10.8. The first kappa shape index (κ1) is 17.2. The summed E-state index contributed by atoms with van der Waals surface area (Å²) in [4.78, 5) is 12.7. The highest BCUT2D eigenvalue weighted by molar-refractivity contribution is 6.15. The van der Waals surface area contributed by atoms with E-state index >= 15 is 0 Å². The zero-order chi connectivity index (χ0) is 18.4. The van der Waals surface area contributed by atoms with Crippen molar-refractivity contribution in [3.8, 4) is 17.6 Å². The first-order chi connectivity index (χ1) is 12.7. The number of fused-ring (bicyclic) bond motifs is 1. The number of allylic oxidation sites excluding steroid dienone is 1. The molecule has 3 rings (SSSR count). The summed E-state index contributed by atoms with van der Waals surface area (Å²) in [6, 6.07) is 20.4. The Morgan fingerprint density at radius 3 is 2.50 bits per heavy atom. The van der Waals surface area contributed by atoms with Gasteiger partial charge in [-0.25, -0.2) is 0 Å². The molecule has 3 aromatic rings. The normalized spacial score (nSPS) is 10.6. The minimum absolute atomic E-state index is 0.0398. The van der Waals surface area contributed by atoms with Crippen molar-refractivity contribution in [3.05, 3.63) is 77.9 Å². The average molecular weight is 343 g/mol. The fourth-order valence-corrected chi connectivity index (χ4v) is 2.78. The number of hydrogen-bond donors (Lipinski definition) is 0. The fraction of sp³-hybridized carbons (Fsp3) is 0.0909. The summed E-state index contributed by atoms with van der Waals surface area (Å²) in [5.41, 5.74) is 1.35. The zero-order valence-electron chi connectivity index (χ0n) is 14.3. The van der Waals surface area contributed by atoms with E-state index < -0.39 is 0 Å². The summed E-state index contributed by atoms with van der Waals surface area (Å²) in [5.74, 6) is 1.19. The zero-order valence-corrected chi connectivity index (χ0v) is 14.3. The molecule has 4 nitrogen and oxygen atoms in total. The van der Waals surface area contributed by atoms with Gasteiger partial charge in [0.15, 0.2) is 12.4 Å². The predicted octanol–water partition coefficient (Wildman–Crippen LogP) is 4.65. The standard InChI is InChI=1S/C22H17NO3/c1-25-22-13-11-18(17-7-3-4-8-19(17)22)20(24)12-10-16-6-2-5-9-21(16)26-15-14-23/h2-13H,15H2,1H3/b12-10+. The number of ketones is 1. The first-order valence-electron chi connectivity index (χ1n) is 8.11. The number of nitriles is 1. The van der Waals surface area contributed by atoms with Crippen molar-refractivity contribution in [1.82, 2.24) is 0 Å². The van der Waals surface area contributed by atoms with Crippen LogP contribution < -0.4 is 9.47 Å². The van der Waals surface area contributed by atoms with Gasteiger partial charge in [0.1, 0.15) is 17.6 Å². The third-order valence-electron chi connectivity index (χ3n) is 3.99. The molecule has 0 aromatic heterocycles. The van der Waals surface area contributed by atoms with Crippen LogP contribution in [-0.2, 0) is 0 Å². The Hall–Kier alpha value is -3.58. The van der Waals surface area contributed by atoms with Crippen LogP contribution >= 0.6 is 0 Å². The predicted molar refractivity (Wildman–Crippen MR) is 101 cm³/mol. The van der Waals surface area contributed by atoms with Crippen LogP contribution in [0.25, 0.3) is 16.8 Å². The quantitative estimate of drug-likeness (QED) is 0.483. The molecule has 3 aromatic carbocycles. The van der Waals surface area contributed by atoms with Gasteiger partial charge >= 0.3 is 0 Å². The van der Waals surface area contributed by atoms with Crippen molar-refractivity contribution >= 4 is 22.6 Å². The number of para-hydroxylation sites is 1. The van der Waals surface area contributed by atoms with Crippen LogP contribution in [0.15, 0.2) is 66.7 Å². The Bertz CT molecular complexity index is 1020. The lowest BCUT2D eigenvalue weighted by Gasteiger charge is -2.08. The number of hydrogen-bond acceptors (Lipinski definition) is 4. The van der Waals surface area contributed by atoms with Crippen LogP contribution in [-0.4, -0.2) is 19.5 Å². The van der Waals surface area contributed by atoms with E-state index in [9.17, 15) is 4.79 Å². The van der Waals surface area contributed by atoms with Crippen LogP contribution in [0.3, 0.4) is 0 Å². The second kappa shape index (κ2) is 8.00. The third kappa shape index (κ3) is 3.57. The van der Waals surface area contributed by atoms with Gasteiger partial charge in [-0.3, -0.25) is 4.79 Å². The molecule has 26 heavy (non-hydrogen) atoms. The monoisotopic (exact) mass is 343 g/mol. The first-order valence-corrected chi connectivity index (χ1v) is 8.11. The molecule has 0 heterocycles. The number of methoxy groups -OCH3 is 1. The highest BCUT2D eigenvalue weighted by atomic mass is 16.5. The second-order valence-corrected chi connectivity index (χ2v) is 5.54. The van der Waals surface area contributed by atoms with Crippen LogP contribution in [0.4, 0.5) is 0 Å². The van der Waals surface area contributed by atoms with Gasteiger partial charge in [0.05, 0.1) is 7.11 Å². The molecule has 0 unspecified atom stereocenters. The van der Waals surface area contributed by atoms with Crippen molar-refractivity contribution in [2.45, 2.75) is 0 Å². The van der Waals surface area contributed by atoms with Crippen LogP contribution in [0.1, 0.15) is 15.9 Å². The van der Waals surface area contributed by atoms with E-state index in [0.717, 1.165) is 22.1 Å². The van der Waals surface area contributed by atoms with Crippen molar-refractivity contribution in [2.75, 3.05) is 13.7 Å². The molecular formula is C22H17NO3. The van der Waals surface area contributed by atoms with E-state index in [0.29, 0.717) is 11.3 Å². The van der Waals surface area contributed by atoms with E-state index in [2.05, 4.69) is 0 Å². The molecule has 0 N–H and O–H groups in total. The number of carbonyl (C=O) groups excluding carboxylic acids is 1. The number of rotatable bonds is 6. The van der Waals surface area contributed by atoms with Crippen molar-refractivity contribution < 1.29 is 14.3 Å². The molecule has 4 heteroatoms. The lowest BCUT2D eigenvalue weighted by Crippen LogP contribution is -1.98. The van der Waals surface area contributed by atoms with Gasteiger partial charge in [-0.15, -0.1) is 0 Å². The Labute approximate surface area is 151 Å². The number of carbonyl (C=O) groups is 1. The van der Waals surface area contributed by atoms with Crippen LogP contribution in [0.5, 0.6) is 11.5 Å². The van der Waals surface area contributed by atoms with Crippen LogP contribution in [0, 0.1) is 11.3 Å². The topological polar surface area (TPSA) is 59.3 Å². The largest absolute Gasteiger partial charge is 0.496 e. The molecule has 0 fully saturated rings. The molecule has 0 radical (unpaired) electrons. The number of benzene rings is 3. The summed E-state index contributed by atoms with van der Waals surface area (Å²) in [6.07, 6.45) is 3.22. The number of ether oxygens (including phenoxy) is 2. The molecule has 128 valence electrons. The molecule has 0 amide bonds.